The molecule has 0 bridgehead atoms. The molecule has 3 amide bonds. The van der Waals surface area contributed by atoms with Crippen molar-refractivity contribution in [3.63, 3.8) is 0 Å². The van der Waals surface area contributed by atoms with Crippen LogP contribution >= 0.6 is 15.9 Å². The van der Waals surface area contributed by atoms with Gasteiger partial charge in [0.25, 0.3) is 5.91 Å². The van der Waals surface area contributed by atoms with Crippen molar-refractivity contribution in [3.8, 4) is 5.75 Å². The molecular weight excluding hydrogens is 450 g/mol. The van der Waals surface area contributed by atoms with Crippen molar-refractivity contribution in [2.24, 2.45) is 0 Å². The standard InChI is InChI=1S/C22H20BrN3O4/c23-14-1-9-18(10-2-14)29-13-19-11-12-20(30-19)21(27)24-15-3-5-16(6-4-15)25-22(28)26-17-7-8-17/h1-6,9-12,17H,7-8,13H2,(H,24,27)(H2,25,26,28). The molecule has 0 saturated heterocycles. The number of furan rings is 1. The first-order chi connectivity index (χ1) is 14.5. The highest BCUT2D eigenvalue weighted by atomic mass is 79.9. The lowest BCUT2D eigenvalue weighted by Gasteiger charge is -2.08. The van der Waals surface area contributed by atoms with Crippen LogP contribution in [0.1, 0.15) is 29.2 Å². The van der Waals surface area contributed by atoms with Crippen LogP contribution in [-0.4, -0.2) is 18.0 Å². The van der Waals surface area contributed by atoms with E-state index in [1.807, 2.05) is 24.3 Å². The van der Waals surface area contributed by atoms with Gasteiger partial charge in [-0.15, -0.1) is 0 Å². The fourth-order valence-electron chi connectivity index (χ4n) is 2.67. The van der Waals surface area contributed by atoms with Crippen LogP contribution in [0.4, 0.5) is 16.2 Å². The van der Waals surface area contributed by atoms with Crippen molar-refractivity contribution >= 4 is 39.2 Å². The molecule has 0 radical (unpaired) electrons. The Bertz CT molecular complexity index is 1030. The van der Waals surface area contributed by atoms with Crippen molar-refractivity contribution in [3.05, 3.63) is 76.7 Å². The Balaban J connectivity index is 1.28. The third-order valence-electron chi connectivity index (χ3n) is 4.39. The second-order valence-corrected chi connectivity index (χ2v) is 7.83. The van der Waals surface area contributed by atoms with Gasteiger partial charge in [0.15, 0.2) is 5.76 Å². The van der Waals surface area contributed by atoms with Gasteiger partial charge in [-0.05, 0) is 73.5 Å². The van der Waals surface area contributed by atoms with Gasteiger partial charge < -0.3 is 25.1 Å². The Morgan fingerprint density at radius 3 is 2.27 bits per heavy atom. The summed E-state index contributed by atoms with van der Waals surface area (Å²) in [4.78, 5) is 24.2. The van der Waals surface area contributed by atoms with Crippen LogP contribution in [0.3, 0.4) is 0 Å². The quantitative estimate of drug-likeness (QED) is 0.445. The average molecular weight is 470 g/mol. The second kappa shape index (κ2) is 9.04. The zero-order valence-corrected chi connectivity index (χ0v) is 17.6. The number of nitrogens with one attached hydrogen (secondary N) is 3. The smallest absolute Gasteiger partial charge is 0.319 e. The van der Waals surface area contributed by atoms with E-state index < -0.39 is 0 Å². The number of rotatable bonds is 7. The molecule has 0 atom stereocenters. The van der Waals surface area contributed by atoms with Gasteiger partial charge in [-0.1, -0.05) is 15.9 Å². The van der Waals surface area contributed by atoms with E-state index >= 15 is 0 Å². The summed E-state index contributed by atoms with van der Waals surface area (Å²) in [6.07, 6.45) is 2.06. The Morgan fingerprint density at radius 1 is 0.933 bits per heavy atom. The highest BCUT2D eigenvalue weighted by Crippen LogP contribution is 2.20. The molecule has 7 nitrogen and oxygen atoms in total. The zero-order chi connectivity index (χ0) is 20.9. The van der Waals surface area contributed by atoms with Crippen molar-refractivity contribution in [1.82, 2.24) is 5.32 Å². The average Bonchev–Trinajstić information content (AvgIpc) is 3.41. The maximum Gasteiger partial charge on any atom is 0.319 e. The monoisotopic (exact) mass is 469 g/mol. The van der Waals surface area contributed by atoms with Gasteiger partial charge in [0.2, 0.25) is 0 Å². The molecular formula is C22H20BrN3O4. The van der Waals surface area contributed by atoms with Gasteiger partial charge >= 0.3 is 6.03 Å². The van der Waals surface area contributed by atoms with Crippen LogP contribution in [0.25, 0.3) is 0 Å². The summed E-state index contributed by atoms with van der Waals surface area (Å²) in [6.45, 7) is 0.220. The first-order valence-electron chi connectivity index (χ1n) is 9.51. The molecule has 0 unspecified atom stereocenters. The molecule has 0 aliphatic heterocycles. The number of carbonyl (C=O) groups excluding carboxylic acids is 2. The Morgan fingerprint density at radius 2 is 1.60 bits per heavy atom. The topological polar surface area (TPSA) is 92.6 Å². The van der Waals surface area contributed by atoms with Gasteiger partial charge in [-0.2, -0.15) is 0 Å². The molecule has 4 rings (SSSR count). The van der Waals surface area contributed by atoms with Gasteiger partial charge in [0, 0.05) is 21.9 Å². The van der Waals surface area contributed by atoms with Gasteiger partial charge in [-0.3, -0.25) is 4.79 Å². The largest absolute Gasteiger partial charge is 0.486 e. The van der Waals surface area contributed by atoms with E-state index in [1.165, 1.54) is 0 Å². The molecule has 1 heterocycles. The van der Waals surface area contributed by atoms with Crippen molar-refractivity contribution < 1.29 is 18.7 Å². The molecule has 154 valence electrons. The summed E-state index contributed by atoms with van der Waals surface area (Å²) in [7, 11) is 0. The van der Waals surface area contributed by atoms with Crippen molar-refractivity contribution in [2.45, 2.75) is 25.5 Å². The molecule has 0 spiro atoms. The van der Waals surface area contributed by atoms with Crippen LogP contribution in [0, 0.1) is 0 Å². The van der Waals surface area contributed by atoms with Crippen LogP contribution in [0.5, 0.6) is 5.75 Å². The van der Waals surface area contributed by atoms with E-state index in [-0.39, 0.29) is 24.3 Å². The van der Waals surface area contributed by atoms with Gasteiger partial charge in [0.1, 0.15) is 18.1 Å². The fraction of sp³-hybridized carbons (Fsp3) is 0.182. The minimum Gasteiger partial charge on any atom is -0.486 e. The maximum atomic E-state index is 12.4. The molecule has 1 saturated carbocycles. The van der Waals surface area contributed by atoms with Gasteiger partial charge in [0.05, 0.1) is 0 Å². The molecule has 3 N–H and O–H groups in total. The van der Waals surface area contributed by atoms with Crippen LogP contribution in [0.15, 0.2) is 69.6 Å². The summed E-state index contributed by atoms with van der Waals surface area (Å²) < 4.78 is 12.2. The number of hydrogen-bond acceptors (Lipinski definition) is 4. The van der Waals surface area contributed by atoms with E-state index in [4.69, 9.17) is 9.15 Å². The number of carbonyl (C=O) groups is 2. The number of halogens is 1. The van der Waals surface area contributed by atoms with E-state index in [9.17, 15) is 9.59 Å². The summed E-state index contributed by atoms with van der Waals surface area (Å²) in [5.41, 5.74) is 1.24. The number of ether oxygens (including phenoxy) is 1. The molecule has 1 aromatic heterocycles. The van der Waals surface area contributed by atoms with Gasteiger partial charge in [-0.25, -0.2) is 4.79 Å². The highest BCUT2D eigenvalue weighted by Gasteiger charge is 2.23. The van der Waals surface area contributed by atoms with Crippen LogP contribution < -0.4 is 20.7 Å². The summed E-state index contributed by atoms with van der Waals surface area (Å²) in [5.74, 6) is 1.08. The highest BCUT2D eigenvalue weighted by molar-refractivity contribution is 9.10. The number of hydrogen-bond donors (Lipinski definition) is 3. The number of amides is 3. The fourth-order valence-corrected chi connectivity index (χ4v) is 2.94. The van der Waals surface area contributed by atoms with Crippen LogP contribution in [-0.2, 0) is 6.61 Å². The first kappa shape index (κ1) is 20.0. The predicted octanol–water partition coefficient (Wildman–Crippen LogP) is 5.16. The third kappa shape index (κ3) is 5.64. The van der Waals surface area contributed by atoms with Crippen LogP contribution in [0.2, 0.25) is 0 Å². The maximum absolute atomic E-state index is 12.4. The molecule has 2 aromatic carbocycles. The summed E-state index contributed by atoms with van der Waals surface area (Å²) in [5, 5.41) is 8.38. The van der Waals surface area contributed by atoms with Crippen molar-refractivity contribution in [2.75, 3.05) is 10.6 Å². The lowest BCUT2D eigenvalue weighted by molar-refractivity contribution is 0.0992. The Kier molecular flexibility index (Phi) is 6.04. The molecule has 3 aromatic rings. The van der Waals surface area contributed by atoms with Crippen molar-refractivity contribution in [1.29, 1.82) is 0 Å². The minimum atomic E-state index is -0.364. The normalized spacial score (nSPS) is 12.8. The first-order valence-corrected chi connectivity index (χ1v) is 10.3. The Hall–Kier alpha value is -3.26. The molecule has 30 heavy (non-hydrogen) atoms. The lowest BCUT2D eigenvalue weighted by atomic mass is 10.2. The molecule has 1 aliphatic rings. The second-order valence-electron chi connectivity index (χ2n) is 6.91. The predicted molar refractivity (Wildman–Crippen MR) is 117 cm³/mol. The van der Waals surface area contributed by atoms with E-state index in [0.717, 1.165) is 17.3 Å². The van der Waals surface area contributed by atoms with E-state index in [0.29, 0.717) is 28.9 Å². The number of anilines is 2. The third-order valence-corrected chi connectivity index (χ3v) is 4.92. The minimum absolute atomic E-state index is 0.190. The molecule has 1 aliphatic carbocycles. The van der Waals surface area contributed by atoms with E-state index in [1.54, 1.807) is 36.4 Å². The van der Waals surface area contributed by atoms with E-state index in [2.05, 4.69) is 31.9 Å². The SMILES string of the molecule is O=C(Nc1ccc(NC(=O)c2ccc(COc3ccc(Br)cc3)o2)cc1)NC1CC1. The Labute approximate surface area is 181 Å². The lowest BCUT2D eigenvalue weighted by Crippen LogP contribution is -2.30. The molecule has 1 fully saturated rings. The zero-order valence-electron chi connectivity index (χ0n) is 16.0. The summed E-state index contributed by atoms with van der Waals surface area (Å²) >= 11 is 3.37. The molecule has 8 heteroatoms. The number of benzene rings is 2. The summed E-state index contributed by atoms with van der Waals surface area (Å²) in [6, 6.07) is 17.7. The number of urea groups is 1.